The van der Waals surface area contributed by atoms with Gasteiger partial charge in [-0.25, -0.2) is 0 Å². The molecule has 0 amide bonds. The van der Waals surface area contributed by atoms with E-state index in [0.717, 1.165) is 22.9 Å². The first-order valence-electron chi connectivity index (χ1n) is 5.22. The summed E-state index contributed by atoms with van der Waals surface area (Å²) >= 11 is 5.02. The van der Waals surface area contributed by atoms with Crippen LogP contribution < -0.4 is 0 Å². The van der Waals surface area contributed by atoms with Crippen LogP contribution >= 0.6 is 27.3 Å². The SMILES string of the molecule is COC1(C(O)c2cscc2Br)CCOCC1. The first-order valence-corrected chi connectivity index (χ1v) is 6.96. The molecule has 1 aliphatic rings. The Morgan fingerprint density at radius 2 is 2.19 bits per heavy atom. The van der Waals surface area contributed by atoms with E-state index in [1.807, 2.05) is 10.8 Å². The minimum atomic E-state index is -0.595. The Hall–Kier alpha value is 0.0600. The van der Waals surface area contributed by atoms with Gasteiger partial charge in [0.2, 0.25) is 0 Å². The molecule has 1 fully saturated rings. The summed E-state index contributed by atoms with van der Waals surface area (Å²) in [6.45, 7) is 1.29. The monoisotopic (exact) mass is 306 g/mol. The van der Waals surface area contributed by atoms with Crippen LogP contribution in [0.4, 0.5) is 0 Å². The van der Waals surface area contributed by atoms with Gasteiger partial charge in [0.1, 0.15) is 11.7 Å². The van der Waals surface area contributed by atoms with Gasteiger partial charge in [-0.2, -0.15) is 11.3 Å². The number of thiophene rings is 1. The van der Waals surface area contributed by atoms with Gasteiger partial charge in [0.15, 0.2) is 0 Å². The van der Waals surface area contributed by atoms with Gasteiger partial charge >= 0.3 is 0 Å². The second-order valence-electron chi connectivity index (χ2n) is 3.96. The van der Waals surface area contributed by atoms with Gasteiger partial charge < -0.3 is 14.6 Å². The van der Waals surface area contributed by atoms with Crippen molar-refractivity contribution in [2.24, 2.45) is 0 Å². The predicted molar refractivity (Wildman–Crippen MR) is 66.8 cm³/mol. The Balaban J connectivity index is 2.24. The molecule has 2 rings (SSSR count). The molecule has 1 aromatic rings. The fourth-order valence-corrected chi connectivity index (χ4v) is 3.61. The molecule has 1 aromatic heterocycles. The summed E-state index contributed by atoms with van der Waals surface area (Å²) in [5.74, 6) is 0. The molecule has 1 unspecified atom stereocenters. The van der Waals surface area contributed by atoms with E-state index in [1.54, 1.807) is 18.4 Å². The summed E-state index contributed by atoms with van der Waals surface area (Å²) in [7, 11) is 1.66. The zero-order valence-electron chi connectivity index (χ0n) is 9.11. The average molecular weight is 307 g/mol. The van der Waals surface area contributed by atoms with Crippen molar-refractivity contribution in [3.63, 3.8) is 0 Å². The fraction of sp³-hybridized carbons (Fsp3) is 0.636. The molecular formula is C11H15BrO3S. The molecule has 0 bridgehead atoms. The van der Waals surface area contributed by atoms with Crippen LogP contribution in [0.3, 0.4) is 0 Å². The lowest BCUT2D eigenvalue weighted by atomic mass is 9.85. The highest BCUT2D eigenvalue weighted by Gasteiger charge is 2.41. The van der Waals surface area contributed by atoms with Crippen molar-refractivity contribution < 1.29 is 14.6 Å². The number of aliphatic hydroxyl groups is 1. The number of aliphatic hydroxyl groups excluding tert-OH is 1. The lowest BCUT2D eigenvalue weighted by Gasteiger charge is -2.39. The first kappa shape index (κ1) is 12.5. The molecule has 3 nitrogen and oxygen atoms in total. The Kier molecular flexibility index (Phi) is 4.02. The molecular weight excluding hydrogens is 292 g/mol. The average Bonchev–Trinajstić information content (AvgIpc) is 2.75. The lowest BCUT2D eigenvalue weighted by Crippen LogP contribution is -2.43. The van der Waals surface area contributed by atoms with E-state index >= 15 is 0 Å². The van der Waals surface area contributed by atoms with E-state index in [4.69, 9.17) is 9.47 Å². The Morgan fingerprint density at radius 1 is 1.50 bits per heavy atom. The molecule has 1 saturated heterocycles. The van der Waals surface area contributed by atoms with Crippen molar-refractivity contribution in [1.82, 2.24) is 0 Å². The molecule has 1 atom stereocenters. The fourth-order valence-electron chi connectivity index (χ4n) is 2.08. The van der Waals surface area contributed by atoms with Crippen molar-refractivity contribution in [3.05, 3.63) is 20.8 Å². The summed E-state index contributed by atoms with van der Waals surface area (Å²) in [6.07, 6.45) is 0.863. The quantitative estimate of drug-likeness (QED) is 0.933. The molecule has 16 heavy (non-hydrogen) atoms. The van der Waals surface area contributed by atoms with Crippen LogP contribution in [-0.2, 0) is 9.47 Å². The van der Waals surface area contributed by atoms with Gasteiger partial charge in [0, 0.05) is 48.6 Å². The maximum atomic E-state index is 10.5. The molecule has 5 heteroatoms. The van der Waals surface area contributed by atoms with Gasteiger partial charge in [0.25, 0.3) is 0 Å². The van der Waals surface area contributed by atoms with Crippen molar-refractivity contribution in [2.75, 3.05) is 20.3 Å². The lowest BCUT2D eigenvalue weighted by molar-refractivity contribution is -0.154. The molecule has 90 valence electrons. The number of methoxy groups -OCH3 is 1. The van der Waals surface area contributed by atoms with Crippen molar-refractivity contribution in [2.45, 2.75) is 24.5 Å². The van der Waals surface area contributed by atoms with Crippen LogP contribution in [0.2, 0.25) is 0 Å². The number of hydrogen-bond acceptors (Lipinski definition) is 4. The number of halogens is 1. The predicted octanol–water partition coefficient (Wildman–Crippen LogP) is 2.74. The molecule has 2 heterocycles. The van der Waals surface area contributed by atoms with E-state index in [0.29, 0.717) is 13.2 Å². The highest BCUT2D eigenvalue weighted by molar-refractivity contribution is 9.10. The van der Waals surface area contributed by atoms with E-state index in [1.165, 1.54) is 0 Å². The third kappa shape index (κ3) is 2.19. The molecule has 1 N–H and O–H groups in total. The van der Waals surface area contributed by atoms with Crippen molar-refractivity contribution in [3.8, 4) is 0 Å². The summed E-state index contributed by atoms with van der Waals surface area (Å²) in [6, 6.07) is 0. The van der Waals surface area contributed by atoms with Gasteiger partial charge in [-0.1, -0.05) is 0 Å². The molecule has 1 aliphatic heterocycles. The Bertz CT molecular complexity index is 347. The van der Waals surface area contributed by atoms with Crippen molar-refractivity contribution >= 4 is 27.3 Å². The standard InChI is InChI=1S/C11H15BrO3S/c1-14-11(2-4-15-5-3-11)10(13)8-6-16-7-9(8)12/h6-7,10,13H,2-5H2,1H3. The molecule has 0 aromatic carbocycles. The van der Waals surface area contributed by atoms with E-state index in [-0.39, 0.29) is 0 Å². The third-order valence-electron chi connectivity index (χ3n) is 3.18. The van der Waals surface area contributed by atoms with Crippen LogP contribution in [0.25, 0.3) is 0 Å². The molecule has 0 saturated carbocycles. The van der Waals surface area contributed by atoms with E-state index in [2.05, 4.69) is 15.9 Å². The Labute approximate surface area is 108 Å². The van der Waals surface area contributed by atoms with Crippen LogP contribution in [0.5, 0.6) is 0 Å². The summed E-state index contributed by atoms with van der Waals surface area (Å²) in [4.78, 5) is 0. The molecule has 0 spiro atoms. The minimum absolute atomic E-state index is 0.498. The van der Waals surface area contributed by atoms with Crippen LogP contribution in [0.1, 0.15) is 24.5 Å². The van der Waals surface area contributed by atoms with Gasteiger partial charge in [0.05, 0.1) is 0 Å². The number of hydrogen-bond donors (Lipinski definition) is 1. The first-order chi connectivity index (χ1) is 7.69. The highest BCUT2D eigenvalue weighted by atomic mass is 79.9. The van der Waals surface area contributed by atoms with Crippen LogP contribution in [0, 0.1) is 0 Å². The minimum Gasteiger partial charge on any atom is -0.385 e. The smallest absolute Gasteiger partial charge is 0.110 e. The van der Waals surface area contributed by atoms with E-state index in [9.17, 15) is 5.11 Å². The Morgan fingerprint density at radius 3 is 2.69 bits per heavy atom. The normalized spacial score (nSPS) is 21.9. The topological polar surface area (TPSA) is 38.7 Å². The zero-order chi connectivity index (χ0) is 11.6. The highest BCUT2D eigenvalue weighted by Crippen LogP contribution is 2.40. The summed E-state index contributed by atoms with van der Waals surface area (Å²) in [5.41, 5.74) is 0.413. The summed E-state index contributed by atoms with van der Waals surface area (Å²) < 4.78 is 11.8. The van der Waals surface area contributed by atoms with E-state index < -0.39 is 11.7 Å². The number of ether oxygens (including phenoxy) is 2. The largest absolute Gasteiger partial charge is 0.385 e. The third-order valence-corrected chi connectivity index (χ3v) is 4.93. The van der Waals surface area contributed by atoms with Gasteiger partial charge in [-0.05, 0) is 21.3 Å². The van der Waals surface area contributed by atoms with Crippen LogP contribution in [0.15, 0.2) is 15.2 Å². The maximum absolute atomic E-state index is 10.5. The zero-order valence-corrected chi connectivity index (χ0v) is 11.5. The maximum Gasteiger partial charge on any atom is 0.110 e. The molecule has 0 radical (unpaired) electrons. The van der Waals surface area contributed by atoms with Crippen LogP contribution in [-0.4, -0.2) is 31.0 Å². The van der Waals surface area contributed by atoms with Gasteiger partial charge in [-0.3, -0.25) is 0 Å². The van der Waals surface area contributed by atoms with Crippen molar-refractivity contribution in [1.29, 1.82) is 0 Å². The summed E-state index contributed by atoms with van der Waals surface area (Å²) in [5, 5.41) is 14.4. The van der Waals surface area contributed by atoms with Gasteiger partial charge in [-0.15, -0.1) is 0 Å². The number of rotatable bonds is 3. The second kappa shape index (κ2) is 5.14. The molecule has 0 aliphatic carbocycles. The second-order valence-corrected chi connectivity index (χ2v) is 5.56.